The van der Waals surface area contributed by atoms with Gasteiger partial charge >= 0.3 is 6.16 Å². The lowest BCUT2D eigenvalue weighted by Crippen LogP contribution is -2.51. The standard InChI is InChI=1S/C44H64O4/c1-26(2)34-12-14-36-32-10-8-28-24-30(16-20-41(28,4)38(32)18-22-43(34,36)6)47-40(46)48-31-17-21-42(5)29(25-31)9-11-33-37-15-13-35(27(3)45)44(37,7)23-19-39(33)42/h8-9,30-39H,1,10-25H2,2-7H3. The van der Waals surface area contributed by atoms with Crippen LogP contribution in [-0.2, 0) is 14.3 Å². The molecule has 6 fully saturated rings. The van der Waals surface area contributed by atoms with E-state index in [9.17, 15) is 9.59 Å². The minimum absolute atomic E-state index is 0.0631. The first-order valence-electron chi connectivity index (χ1n) is 20.2. The van der Waals surface area contributed by atoms with E-state index in [0.29, 0.717) is 34.9 Å². The number of ether oxygens (including phenoxy) is 2. The van der Waals surface area contributed by atoms with E-state index in [-0.39, 0.29) is 34.4 Å². The molecule has 0 heterocycles. The Morgan fingerprint density at radius 3 is 1.54 bits per heavy atom. The molecule has 4 heteroatoms. The third-order valence-electron chi connectivity index (χ3n) is 17.7. The molecule has 0 bridgehead atoms. The molecular weight excluding hydrogens is 592 g/mol. The number of carbonyl (C=O) groups excluding carboxylic acids is 2. The first-order chi connectivity index (χ1) is 22.8. The van der Waals surface area contributed by atoms with Crippen LogP contribution in [0.15, 0.2) is 35.5 Å². The number of hydrogen-bond donors (Lipinski definition) is 0. The van der Waals surface area contributed by atoms with E-state index in [1.165, 1.54) is 62.5 Å². The first kappa shape index (κ1) is 33.3. The molecule has 0 aromatic rings. The Morgan fingerprint density at radius 1 is 0.625 bits per heavy atom. The maximum absolute atomic E-state index is 13.3. The van der Waals surface area contributed by atoms with E-state index in [2.05, 4.69) is 53.3 Å². The normalized spacial score (nSPS) is 50.6. The molecule has 14 unspecified atom stereocenters. The molecule has 8 aliphatic rings. The largest absolute Gasteiger partial charge is 0.508 e. The molecule has 0 aromatic carbocycles. The summed E-state index contributed by atoms with van der Waals surface area (Å²) in [4.78, 5) is 25.8. The Labute approximate surface area is 291 Å². The third kappa shape index (κ3) is 4.86. The van der Waals surface area contributed by atoms with Gasteiger partial charge in [0.15, 0.2) is 0 Å². The number of rotatable bonds is 4. The van der Waals surface area contributed by atoms with Crippen LogP contribution in [0.25, 0.3) is 0 Å². The van der Waals surface area contributed by atoms with Crippen LogP contribution >= 0.6 is 0 Å². The van der Waals surface area contributed by atoms with Gasteiger partial charge in [-0.2, -0.15) is 0 Å². The van der Waals surface area contributed by atoms with E-state index in [0.717, 1.165) is 69.1 Å². The molecule has 14 atom stereocenters. The molecule has 6 saturated carbocycles. The van der Waals surface area contributed by atoms with Crippen molar-refractivity contribution in [2.24, 2.45) is 69.0 Å². The van der Waals surface area contributed by atoms with Crippen LogP contribution in [0, 0.1) is 69.0 Å². The number of allylic oxidation sites excluding steroid dienone is 3. The summed E-state index contributed by atoms with van der Waals surface area (Å²) in [5, 5.41) is 0. The van der Waals surface area contributed by atoms with Crippen molar-refractivity contribution in [1.29, 1.82) is 0 Å². The maximum Gasteiger partial charge on any atom is 0.508 e. The second-order valence-corrected chi connectivity index (χ2v) is 19.5. The summed E-state index contributed by atoms with van der Waals surface area (Å²) < 4.78 is 12.2. The zero-order chi connectivity index (χ0) is 33.8. The van der Waals surface area contributed by atoms with Gasteiger partial charge in [-0.15, -0.1) is 0 Å². The van der Waals surface area contributed by atoms with Crippen molar-refractivity contribution in [3.05, 3.63) is 35.5 Å². The summed E-state index contributed by atoms with van der Waals surface area (Å²) >= 11 is 0. The highest BCUT2D eigenvalue weighted by atomic mass is 16.7. The van der Waals surface area contributed by atoms with Crippen molar-refractivity contribution < 1.29 is 19.1 Å². The summed E-state index contributed by atoms with van der Waals surface area (Å²) in [6, 6.07) is 0. The van der Waals surface area contributed by atoms with Crippen LogP contribution in [0.2, 0.25) is 0 Å². The smallest absolute Gasteiger partial charge is 0.431 e. The molecule has 0 aromatic heterocycles. The van der Waals surface area contributed by atoms with Gasteiger partial charge in [-0.05, 0) is 167 Å². The topological polar surface area (TPSA) is 52.6 Å². The lowest BCUT2D eigenvalue weighted by molar-refractivity contribution is -0.127. The van der Waals surface area contributed by atoms with Gasteiger partial charge in [-0.3, -0.25) is 4.79 Å². The second kappa shape index (κ2) is 11.6. The number of ketones is 1. The molecule has 0 spiro atoms. The number of fused-ring (bicyclic) bond motifs is 10. The van der Waals surface area contributed by atoms with Crippen molar-refractivity contribution >= 4 is 11.9 Å². The molecule has 0 amide bonds. The van der Waals surface area contributed by atoms with Crippen LogP contribution in [0.3, 0.4) is 0 Å². The average Bonchev–Trinajstić information content (AvgIpc) is 3.58. The lowest BCUT2D eigenvalue weighted by Gasteiger charge is -2.58. The van der Waals surface area contributed by atoms with Gasteiger partial charge in [0.25, 0.3) is 0 Å². The minimum Gasteiger partial charge on any atom is -0.431 e. The molecule has 0 N–H and O–H groups in total. The van der Waals surface area contributed by atoms with E-state index < -0.39 is 6.16 Å². The van der Waals surface area contributed by atoms with Crippen molar-refractivity contribution in [2.75, 3.05) is 0 Å². The summed E-state index contributed by atoms with van der Waals surface area (Å²) in [7, 11) is 0. The summed E-state index contributed by atoms with van der Waals surface area (Å²) in [6.07, 6.45) is 22.7. The Morgan fingerprint density at radius 2 is 1.08 bits per heavy atom. The van der Waals surface area contributed by atoms with Gasteiger partial charge in [0.05, 0.1) is 0 Å². The maximum atomic E-state index is 13.3. The Bertz CT molecular complexity index is 1320. The molecule has 48 heavy (non-hydrogen) atoms. The second-order valence-electron chi connectivity index (χ2n) is 19.5. The highest BCUT2D eigenvalue weighted by molar-refractivity contribution is 5.79. The van der Waals surface area contributed by atoms with Gasteiger partial charge in [0, 0.05) is 18.8 Å². The van der Waals surface area contributed by atoms with Crippen molar-refractivity contribution in [1.82, 2.24) is 0 Å². The third-order valence-corrected chi connectivity index (χ3v) is 17.7. The van der Waals surface area contributed by atoms with Crippen molar-refractivity contribution in [2.45, 2.75) is 156 Å². The number of hydrogen-bond acceptors (Lipinski definition) is 4. The predicted octanol–water partition coefficient (Wildman–Crippen LogP) is 11.2. The Kier molecular flexibility index (Phi) is 8.05. The van der Waals surface area contributed by atoms with E-state index in [1.807, 2.05) is 6.92 Å². The molecule has 264 valence electrons. The first-order valence-corrected chi connectivity index (χ1v) is 20.2. The monoisotopic (exact) mass is 656 g/mol. The highest BCUT2D eigenvalue weighted by Gasteiger charge is 2.61. The van der Waals surface area contributed by atoms with Crippen molar-refractivity contribution in [3.8, 4) is 0 Å². The fraction of sp³-hybridized carbons (Fsp3) is 0.818. The highest BCUT2D eigenvalue weighted by Crippen LogP contribution is 2.68. The summed E-state index contributed by atoms with van der Waals surface area (Å²) in [6.45, 7) is 18.5. The molecular formula is C44H64O4. The minimum atomic E-state index is -0.444. The van der Waals surface area contributed by atoms with Gasteiger partial charge in [0.2, 0.25) is 0 Å². The zero-order valence-corrected chi connectivity index (χ0v) is 31.1. The van der Waals surface area contributed by atoms with E-state index in [1.54, 1.807) is 5.57 Å². The zero-order valence-electron chi connectivity index (χ0n) is 31.1. The van der Waals surface area contributed by atoms with Crippen molar-refractivity contribution in [3.63, 3.8) is 0 Å². The Balaban J connectivity index is 0.880. The average molecular weight is 657 g/mol. The SMILES string of the molecule is C=C(C)C1CCC2C3CC=C4CC(OC(=O)OC5CCC6(C)C(=CCC7C6CCC6(C)C(C(C)=O)CCC76)C5)CCC4(C)C3CCC12C. The quantitative estimate of drug-likeness (QED) is 0.223. The fourth-order valence-electron chi connectivity index (χ4n) is 15.2. The summed E-state index contributed by atoms with van der Waals surface area (Å²) in [5.41, 5.74) is 5.54. The molecule has 0 radical (unpaired) electrons. The van der Waals surface area contributed by atoms with Gasteiger partial charge in [0.1, 0.15) is 18.0 Å². The van der Waals surface area contributed by atoms with Gasteiger partial charge in [-0.25, -0.2) is 4.79 Å². The molecule has 0 saturated heterocycles. The molecule has 8 rings (SSSR count). The summed E-state index contributed by atoms with van der Waals surface area (Å²) in [5.74, 6) is 5.77. The van der Waals surface area contributed by atoms with Crippen LogP contribution < -0.4 is 0 Å². The number of Topliss-reactive ketones (excluding diaryl/α,β-unsaturated/α-hetero) is 1. The van der Waals surface area contributed by atoms with E-state index in [4.69, 9.17) is 9.47 Å². The molecule has 8 aliphatic carbocycles. The van der Waals surface area contributed by atoms with E-state index >= 15 is 0 Å². The van der Waals surface area contributed by atoms with Gasteiger partial charge < -0.3 is 9.47 Å². The predicted molar refractivity (Wildman–Crippen MR) is 191 cm³/mol. The van der Waals surface area contributed by atoms with Crippen LogP contribution in [0.5, 0.6) is 0 Å². The molecule has 0 aliphatic heterocycles. The van der Waals surface area contributed by atoms with Crippen LogP contribution in [-0.4, -0.2) is 24.1 Å². The fourth-order valence-corrected chi connectivity index (χ4v) is 15.2. The lowest BCUT2D eigenvalue weighted by atomic mass is 9.47. The molecule has 4 nitrogen and oxygen atoms in total. The van der Waals surface area contributed by atoms with Crippen LogP contribution in [0.4, 0.5) is 4.79 Å². The Hall–Kier alpha value is -1.84. The van der Waals surface area contributed by atoms with Crippen LogP contribution in [0.1, 0.15) is 144 Å². The number of carbonyl (C=O) groups is 2. The van der Waals surface area contributed by atoms with Gasteiger partial charge in [-0.1, -0.05) is 63.1 Å².